The van der Waals surface area contributed by atoms with E-state index in [1.54, 1.807) is 6.20 Å². The first-order chi connectivity index (χ1) is 13.8. The van der Waals surface area contributed by atoms with E-state index < -0.39 is 0 Å². The van der Waals surface area contributed by atoms with Gasteiger partial charge in [0.05, 0.1) is 13.2 Å². The summed E-state index contributed by atoms with van der Waals surface area (Å²) >= 11 is 0. The number of morpholine rings is 1. The number of pyridine rings is 1. The first kappa shape index (κ1) is 18.9. The van der Waals surface area contributed by atoms with E-state index in [9.17, 15) is 4.79 Å². The molecule has 1 amide bonds. The van der Waals surface area contributed by atoms with E-state index in [0.717, 1.165) is 51.3 Å². The van der Waals surface area contributed by atoms with E-state index >= 15 is 0 Å². The number of carbonyl (C=O) groups is 1. The molecule has 0 bridgehead atoms. The van der Waals surface area contributed by atoms with Crippen molar-refractivity contribution in [3.8, 4) is 0 Å². The number of aromatic nitrogens is 1. The van der Waals surface area contributed by atoms with Crippen LogP contribution in [0.2, 0.25) is 0 Å². The van der Waals surface area contributed by atoms with Gasteiger partial charge in [0.2, 0.25) is 5.91 Å². The molecule has 0 radical (unpaired) electrons. The number of ether oxygens (including phenoxy) is 1. The van der Waals surface area contributed by atoms with Gasteiger partial charge >= 0.3 is 0 Å². The van der Waals surface area contributed by atoms with E-state index in [2.05, 4.69) is 39.0 Å². The minimum absolute atomic E-state index is 0.185. The average Bonchev–Trinajstić information content (AvgIpc) is 3.02. The molecule has 2 aromatic rings. The Bertz CT molecular complexity index is 750. The van der Waals surface area contributed by atoms with Gasteiger partial charge in [-0.25, -0.2) is 0 Å². The minimum atomic E-state index is -0.277. The van der Waals surface area contributed by atoms with Crippen molar-refractivity contribution < 1.29 is 9.53 Å². The predicted molar refractivity (Wildman–Crippen MR) is 109 cm³/mol. The van der Waals surface area contributed by atoms with Crippen molar-refractivity contribution in [2.24, 2.45) is 0 Å². The second-order valence-electron chi connectivity index (χ2n) is 7.34. The summed E-state index contributed by atoms with van der Waals surface area (Å²) in [4.78, 5) is 24.5. The Hall–Kier alpha value is -2.44. The molecule has 4 rings (SSSR count). The molecular formula is C22H28N4O2. The maximum atomic E-state index is 13.6. The number of amides is 1. The zero-order chi connectivity index (χ0) is 19.2. The summed E-state index contributed by atoms with van der Waals surface area (Å²) in [7, 11) is 0. The fraction of sp³-hybridized carbons (Fsp3) is 0.455. The number of benzene rings is 1. The summed E-state index contributed by atoms with van der Waals surface area (Å²) in [6.45, 7) is 6.27. The van der Waals surface area contributed by atoms with Gasteiger partial charge in [0.25, 0.3) is 0 Å². The first-order valence-corrected chi connectivity index (χ1v) is 10.1. The molecule has 3 heterocycles. The van der Waals surface area contributed by atoms with Gasteiger partial charge in [0.15, 0.2) is 0 Å². The Labute approximate surface area is 166 Å². The molecule has 0 saturated carbocycles. The Morgan fingerprint density at radius 3 is 2.50 bits per heavy atom. The van der Waals surface area contributed by atoms with Crippen LogP contribution in [0.4, 0.5) is 5.69 Å². The van der Waals surface area contributed by atoms with Crippen LogP contribution in [0.1, 0.15) is 18.0 Å². The van der Waals surface area contributed by atoms with Crippen molar-refractivity contribution >= 4 is 11.6 Å². The third-order valence-corrected chi connectivity index (χ3v) is 5.57. The summed E-state index contributed by atoms with van der Waals surface area (Å²) in [6, 6.07) is 14.1. The maximum Gasteiger partial charge on any atom is 0.244 e. The predicted octanol–water partition coefficient (Wildman–Crippen LogP) is 2.19. The summed E-state index contributed by atoms with van der Waals surface area (Å²) in [5.74, 6) is 0.185. The van der Waals surface area contributed by atoms with Crippen molar-refractivity contribution in [2.45, 2.75) is 12.5 Å². The molecule has 6 nitrogen and oxygen atoms in total. The standard InChI is InChI=1S/C22H28N4O2/c27-22(21(19-6-4-9-23-18-19)25-14-16-28-17-15-25)26-11-5-10-24(12-13-26)20-7-2-1-3-8-20/h1-4,6-9,18,21H,5,10-17H2/t21-/m1/s1. The van der Waals surface area contributed by atoms with Crippen LogP contribution in [0.5, 0.6) is 0 Å². The quantitative estimate of drug-likeness (QED) is 0.814. The highest BCUT2D eigenvalue weighted by Crippen LogP contribution is 2.25. The monoisotopic (exact) mass is 380 g/mol. The van der Waals surface area contributed by atoms with Gasteiger partial charge in [0.1, 0.15) is 6.04 Å². The summed E-state index contributed by atoms with van der Waals surface area (Å²) in [5.41, 5.74) is 2.20. The maximum absolute atomic E-state index is 13.6. The fourth-order valence-electron chi connectivity index (χ4n) is 4.09. The molecule has 28 heavy (non-hydrogen) atoms. The van der Waals surface area contributed by atoms with Gasteiger partial charge in [-0.3, -0.25) is 14.7 Å². The molecule has 2 aliphatic rings. The first-order valence-electron chi connectivity index (χ1n) is 10.1. The SMILES string of the molecule is O=C([C@@H](c1cccnc1)N1CCOCC1)N1CCCN(c2ccccc2)CC1. The lowest BCUT2D eigenvalue weighted by Gasteiger charge is -2.36. The van der Waals surface area contributed by atoms with Crippen molar-refractivity contribution in [1.29, 1.82) is 0 Å². The van der Waals surface area contributed by atoms with Gasteiger partial charge in [-0.15, -0.1) is 0 Å². The molecule has 1 aromatic heterocycles. The third-order valence-electron chi connectivity index (χ3n) is 5.57. The zero-order valence-electron chi connectivity index (χ0n) is 16.2. The summed E-state index contributed by atoms with van der Waals surface area (Å²) in [5, 5.41) is 0. The number of carbonyl (C=O) groups excluding carboxylic acids is 1. The van der Waals surface area contributed by atoms with Crippen LogP contribution >= 0.6 is 0 Å². The van der Waals surface area contributed by atoms with Gasteiger partial charge in [0, 0.05) is 57.3 Å². The molecule has 0 N–H and O–H groups in total. The smallest absolute Gasteiger partial charge is 0.244 e. The van der Waals surface area contributed by atoms with Crippen LogP contribution in [0.25, 0.3) is 0 Å². The number of hydrogen-bond donors (Lipinski definition) is 0. The molecule has 0 unspecified atom stereocenters. The van der Waals surface area contributed by atoms with E-state index in [1.165, 1.54) is 5.69 Å². The summed E-state index contributed by atoms with van der Waals surface area (Å²) in [6.07, 6.45) is 4.56. The highest BCUT2D eigenvalue weighted by atomic mass is 16.5. The van der Waals surface area contributed by atoms with E-state index in [-0.39, 0.29) is 11.9 Å². The lowest BCUT2D eigenvalue weighted by Crippen LogP contribution is -2.48. The molecule has 0 spiro atoms. The van der Waals surface area contributed by atoms with E-state index in [1.807, 2.05) is 29.3 Å². The van der Waals surface area contributed by atoms with Gasteiger partial charge in [-0.2, -0.15) is 0 Å². The Balaban J connectivity index is 1.50. The minimum Gasteiger partial charge on any atom is -0.379 e. The number of rotatable bonds is 4. The number of para-hydroxylation sites is 1. The van der Waals surface area contributed by atoms with Gasteiger partial charge in [-0.1, -0.05) is 24.3 Å². The largest absolute Gasteiger partial charge is 0.379 e. The molecule has 6 heteroatoms. The molecule has 0 aliphatic carbocycles. The van der Waals surface area contributed by atoms with Crippen LogP contribution in [-0.4, -0.2) is 73.2 Å². The molecule has 2 aliphatic heterocycles. The third kappa shape index (κ3) is 4.34. The van der Waals surface area contributed by atoms with Crippen LogP contribution < -0.4 is 4.90 Å². The highest BCUT2D eigenvalue weighted by molar-refractivity contribution is 5.83. The fourth-order valence-corrected chi connectivity index (χ4v) is 4.09. The molecule has 1 atom stereocenters. The molecule has 1 aromatic carbocycles. The van der Waals surface area contributed by atoms with Crippen molar-refractivity contribution in [2.75, 3.05) is 57.4 Å². The van der Waals surface area contributed by atoms with Crippen molar-refractivity contribution in [1.82, 2.24) is 14.8 Å². The number of hydrogen-bond acceptors (Lipinski definition) is 5. The van der Waals surface area contributed by atoms with Crippen LogP contribution in [0.3, 0.4) is 0 Å². The zero-order valence-corrected chi connectivity index (χ0v) is 16.2. The molecular weight excluding hydrogens is 352 g/mol. The molecule has 2 fully saturated rings. The highest BCUT2D eigenvalue weighted by Gasteiger charge is 2.33. The lowest BCUT2D eigenvalue weighted by atomic mass is 10.0. The van der Waals surface area contributed by atoms with E-state index in [4.69, 9.17) is 4.74 Å². The van der Waals surface area contributed by atoms with Crippen LogP contribution in [0, 0.1) is 0 Å². The van der Waals surface area contributed by atoms with Crippen molar-refractivity contribution in [3.63, 3.8) is 0 Å². The van der Waals surface area contributed by atoms with Crippen molar-refractivity contribution in [3.05, 3.63) is 60.4 Å². The average molecular weight is 380 g/mol. The number of nitrogens with zero attached hydrogens (tertiary/aromatic N) is 4. The van der Waals surface area contributed by atoms with Gasteiger partial charge < -0.3 is 14.5 Å². The second-order valence-corrected chi connectivity index (χ2v) is 7.34. The normalized spacial score (nSPS) is 19.9. The van der Waals surface area contributed by atoms with Crippen LogP contribution in [-0.2, 0) is 9.53 Å². The van der Waals surface area contributed by atoms with Gasteiger partial charge in [-0.05, 0) is 30.2 Å². The van der Waals surface area contributed by atoms with Crippen LogP contribution in [0.15, 0.2) is 54.9 Å². The second kappa shape index (κ2) is 9.17. The topological polar surface area (TPSA) is 48.9 Å². The molecule has 2 saturated heterocycles. The lowest BCUT2D eigenvalue weighted by molar-refractivity contribution is -0.139. The Morgan fingerprint density at radius 1 is 0.929 bits per heavy atom. The Kier molecular flexibility index (Phi) is 6.19. The summed E-state index contributed by atoms with van der Waals surface area (Å²) < 4.78 is 5.51. The Morgan fingerprint density at radius 2 is 1.75 bits per heavy atom. The number of anilines is 1. The molecule has 148 valence electrons. The van der Waals surface area contributed by atoms with E-state index in [0.29, 0.717) is 13.2 Å².